The zero-order chi connectivity index (χ0) is 10.8. The quantitative estimate of drug-likeness (QED) is 0.459. The summed E-state index contributed by atoms with van der Waals surface area (Å²) in [4.78, 5) is 20.7. The SMILES string of the molecule is O=CCc1cc2c(cc1[N+](=O)[O-])NCC2. The molecule has 2 rings (SSSR count). The first kappa shape index (κ1) is 9.64. The van der Waals surface area contributed by atoms with Crippen LogP contribution >= 0.6 is 0 Å². The van der Waals surface area contributed by atoms with E-state index in [1.54, 1.807) is 6.07 Å². The second-order valence-corrected chi connectivity index (χ2v) is 3.44. The maximum absolute atomic E-state index is 10.8. The highest BCUT2D eigenvalue weighted by molar-refractivity contribution is 5.67. The number of carbonyl (C=O) groups is 1. The van der Waals surface area contributed by atoms with Gasteiger partial charge in [0, 0.05) is 30.3 Å². The zero-order valence-corrected chi connectivity index (χ0v) is 8.03. The minimum Gasteiger partial charge on any atom is -0.384 e. The second-order valence-electron chi connectivity index (χ2n) is 3.44. The molecule has 0 saturated heterocycles. The summed E-state index contributed by atoms with van der Waals surface area (Å²) in [6.07, 6.45) is 1.65. The van der Waals surface area contributed by atoms with Crippen molar-refractivity contribution in [3.63, 3.8) is 0 Å². The van der Waals surface area contributed by atoms with Gasteiger partial charge in [-0.3, -0.25) is 10.1 Å². The van der Waals surface area contributed by atoms with E-state index >= 15 is 0 Å². The van der Waals surface area contributed by atoms with Crippen LogP contribution in [0.25, 0.3) is 0 Å². The largest absolute Gasteiger partial charge is 0.384 e. The van der Waals surface area contributed by atoms with Gasteiger partial charge >= 0.3 is 0 Å². The van der Waals surface area contributed by atoms with E-state index < -0.39 is 4.92 Å². The van der Waals surface area contributed by atoms with Gasteiger partial charge in [-0.05, 0) is 18.1 Å². The van der Waals surface area contributed by atoms with E-state index in [2.05, 4.69) is 5.32 Å². The molecule has 1 aromatic carbocycles. The number of nitro benzene ring substituents is 1. The molecule has 15 heavy (non-hydrogen) atoms. The molecule has 0 unspecified atom stereocenters. The van der Waals surface area contributed by atoms with Gasteiger partial charge in [0.1, 0.15) is 6.29 Å². The van der Waals surface area contributed by atoms with Crippen LogP contribution in [0.3, 0.4) is 0 Å². The van der Waals surface area contributed by atoms with E-state index in [9.17, 15) is 14.9 Å². The summed E-state index contributed by atoms with van der Waals surface area (Å²) in [5, 5.41) is 13.8. The van der Waals surface area contributed by atoms with Crippen LogP contribution in [-0.4, -0.2) is 17.8 Å². The van der Waals surface area contributed by atoms with Crippen LogP contribution in [0.4, 0.5) is 11.4 Å². The third-order valence-electron chi connectivity index (χ3n) is 2.51. The van der Waals surface area contributed by atoms with E-state index in [0.717, 1.165) is 24.2 Å². The molecular formula is C10H10N2O3. The van der Waals surface area contributed by atoms with Gasteiger partial charge in [0.05, 0.1) is 4.92 Å². The number of nitro groups is 1. The van der Waals surface area contributed by atoms with Gasteiger partial charge in [0.15, 0.2) is 0 Å². The minimum absolute atomic E-state index is 0.0234. The standard InChI is InChI=1S/C10H10N2O3/c13-4-2-8-5-7-1-3-11-9(7)6-10(8)12(14)15/h4-6,11H,1-3H2. The fourth-order valence-electron chi connectivity index (χ4n) is 1.81. The highest BCUT2D eigenvalue weighted by Gasteiger charge is 2.20. The Morgan fingerprint density at radius 1 is 1.53 bits per heavy atom. The first-order valence-corrected chi connectivity index (χ1v) is 4.70. The van der Waals surface area contributed by atoms with E-state index in [0.29, 0.717) is 11.8 Å². The summed E-state index contributed by atoms with van der Waals surface area (Å²) in [6, 6.07) is 3.27. The number of fused-ring (bicyclic) bond motifs is 1. The highest BCUT2D eigenvalue weighted by atomic mass is 16.6. The van der Waals surface area contributed by atoms with E-state index in [4.69, 9.17) is 0 Å². The fourth-order valence-corrected chi connectivity index (χ4v) is 1.81. The molecule has 1 aliphatic rings. The van der Waals surface area contributed by atoms with Crippen LogP contribution in [0, 0.1) is 10.1 Å². The third kappa shape index (κ3) is 1.68. The van der Waals surface area contributed by atoms with Crippen molar-refractivity contribution in [1.29, 1.82) is 0 Å². The molecule has 1 heterocycles. The van der Waals surface area contributed by atoms with Crippen LogP contribution in [0.15, 0.2) is 12.1 Å². The van der Waals surface area contributed by atoms with Gasteiger partial charge < -0.3 is 10.1 Å². The molecule has 1 N–H and O–H groups in total. The lowest BCUT2D eigenvalue weighted by molar-refractivity contribution is -0.385. The molecule has 5 nitrogen and oxygen atoms in total. The Morgan fingerprint density at radius 2 is 2.33 bits per heavy atom. The van der Waals surface area contributed by atoms with Crippen molar-refractivity contribution in [2.45, 2.75) is 12.8 Å². The number of benzene rings is 1. The number of nitrogens with zero attached hydrogens (tertiary/aromatic N) is 1. The highest BCUT2D eigenvalue weighted by Crippen LogP contribution is 2.30. The van der Waals surface area contributed by atoms with E-state index in [1.807, 2.05) is 0 Å². The first-order chi connectivity index (χ1) is 7.22. The molecule has 0 aromatic heterocycles. The molecule has 1 aliphatic heterocycles. The molecule has 0 spiro atoms. The lowest BCUT2D eigenvalue weighted by Crippen LogP contribution is -1.98. The van der Waals surface area contributed by atoms with Crippen molar-refractivity contribution in [3.05, 3.63) is 33.4 Å². The predicted molar refractivity (Wildman–Crippen MR) is 55.1 cm³/mol. The van der Waals surface area contributed by atoms with E-state index in [1.165, 1.54) is 6.07 Å². The number of carbonyl (C=O) groups excluding carboxylic acids is 1. The van der Waals surface area contributed by atoms with Crippen molar-refractivity contribution in [2.24, 2.45) is 0 Å². The molecule has 0 aliphatic carbocycles. The molecular weight excluding hydrogens is 196 g/mol. The topological polar surface area (TPSA) is 72.2 Å². The number of hydrogen-bond acceptors (Lipinski definition) is 4. The molecule has 0 fully saturated rings. The van der Waals surface area contributed by atoms with Gasteiger partial charge in [-0.15, -0.1) is 0 Å². The average Bonchev–Trinajstić information content (AvgIpc) is 2.63. The Balaban J connectivity index is 2.51. The summed E-state index contributed by atoms with van der Waals surface area (Å²) >= 11 is 0. The second kappa shape index (κ2) is 3.68. The van der Waals surface area contributed by atoms with Crippen LogP contribution in [0.5, 0.6) is 0 Å². The Labute approximate surface area is 86.2 Å². The molecule has 0 amide bonds. The zero-order valence-electron chi connectivity index (χ0n) is 8.03. The van der Waals surface area contributed by atoms with Crippen LogP contribution in [0.2, 0.25) is 0 Å². The van der Waals surface area contributed by atoms with Gasteiger partial charge in [0.25, 0.3) is 5.69 Å². The fraction of sp³-hybridized carbons (Fsp3) is 0.300. The average molecular weight is 206 g/mol. The number of aldehydes is 1. The van der Waals surface area contributed by atoms with Gasteiger partial charge in [-0.25, -0.2) is 0 Å². The molecule has 0 radical (unpaired) electrons. The van der Waals surface area contributed by atoms with E-state index in [-0.39, 0.29) is 12.1 Å². The molecule has 1 aromatic rings. The van der Waals surface area contributed by atoms with Gasteiger partial charge in [-0.1, -0.05) is 0 Å². The minimum atomic E-state index is -0.445. The van der Waals surface area contributed by atoms with Crippen molar-refractivity contribution in [1.82, 2.24) is 0 Å². The lowest BCUT2D eigenvalue weighted by Gasteiger charge is -2.03. The number of hydrogen-bond donors (Lipinski definition) is 1. The predicted octanol–water partition coefficient (Wildman–Crippen LogP) is 1.30. The summed E-state index contributed by atoms with van der Waals surface area (Å²) < 4.78 is 0. The maximum Gasteiger partial charge on any atom is 0.275 e. The number of rotatable bonds is 3. The van der Waals surface area contributed by atoms with Crippen LogP contribution in [0.1, 0.15) is 11.1 Å². The summed E-state index contributed by atoms with van der Waals surface area (Å²) in [6.45, 7) is 0.803. The summed E-state index contributed by atoms with van der Waals surface area (Å²) in [5.74, 6) is 0. The Kier molecular flexibility index (Phi) is 2.37. The first-order valence-electron chi connectivity index (χ1n) is 4.70. The Morgan fingerprint density at radius 3 is 3.00 bits per heavy atom. The van der Waals surface area contributed by atoms with Crippen LogP contribution < -0.4 is 5.32 Å². The van der Waals surface area contributed by atoms with Crippen molar-refractivity contribution >= 4 is 17.7 Å². The van der Waals surface area contributed by atoms with Crippen molar-refractivity contribution in [3.8, 4) is 0 Å². The van der Waals surface area contributed by atoms with Crippen LogP contribution in [-0.2, 0) is 17.6 Å². The monoisotopic (exact) mass is 206 g/mol. The van der Waals surface area contributed by atoms with Crippen molar-refractivity contribution < 1.29 is 9.72 Å². The van der Waals surface area contributed by atoms with Gasteiger partial charge in [-0.2, -0.15) is 0 Å². The lowest BCUT2D eigenvalue weighted by atomic mass is 10.0. The molecule has 0 bridgehead atoms. The number of anilines is 1. The number of nitrogens with one attached hydrogen (secondary N) is 1. The molecule has 0 saturated carbocycles. The molecule has 78 valence electrons. The summed E-state index contributed by atoms with van der Waals surface area (Å²) in [7, 11) is 0. The molecule has 0 atom stereocenters. The third-order valence-corrected chi connectivity index (χ3v) is 2.51. The normalized spacial score (nSPS) is 13.1. The molecule has 5 heteroatoms. The van der Waals surface area contributed by atoms with Crippen molar-refractivity contribution in [2.75, 3.05) is 11.9 Å². The Bertz CT molecular complexity index is 429. The maximum atomic E-state index is 10.8. The van der Waals surface area contributed by atoms with Gasteiger partial charge in [0.2, 0.25) is 0 Å². The smallest absolute Gasteiger partial charge is 0.275 e. The Hall–Kier alpha value is -1.91. The summed E-state index contributed by atoms with van der Waals surface area (Å²) in [5.41, 5.74) is 2.39.